The predicted octanol–water partition coefficient (Wildman–Crippen LogP) is 5.98. The Morgan fingerprint density at radius 2 is 2.08 bits per heavy atom. The van der Waals surface area contributed by atoms with Crippen LogP contribution in [0.5, 0.6) is 11.5 Å². The van der Waals surface area contributed by atoms with Gasteiger partial charge in [-0.25, -0.2) is 0 Å². The highest BCUT2D eigenvalue weighted by molar-refractivity contribution is 5.88. The molecule has 2 aromatic carbocycles. The molecule has 0 spiro atoms. The molecule has 26 heavy (non-hydrogen) atoms. The molecule has 3 nitrogen and oxygen atoms in total. The number of hydrogen-bond donors (Lipinski definition) is 1. The Bertz CT molecular complexity index is 924. The first-order valence-corrected chi connectivity index (χ1v) is 9.05. The summed E-state index contributed by atoms with van der Waals surface area (Å²) in [5, 5.41) is 3.67. The second-order valence-electron chi connectivity index (χ2n) is 7.53. The summed E-state index contributed by atoms with van der Waals surface area (Å²) in [6.07, 6.45) is 4.93. The smallest absolute Gasteiger partial charge is 0.131 e. The van der Waals surface area contributed by atoms with Gasteiger partial charge >= 0.3 is 0 Å². The fourth-order valence-corrected chi connectivity index (χ4v) is 3.87. The second-order valence-corrected chi connectivity index (χ2v) is 7.53. The molecular formula is C23H25NO2. The van der Waals surface area contributed by atoms with Gasteiger partial charge in [-0.15, -0.1) is 6.58 Å². The van der Waals surface area contributed by atoms with Crippen LogP contribution in [-0.2, 0) is 0 Å². The van der Waals surface area contributed by atoms with Crippen molar-refractivity contribution >= 4 is 11.8 Å². The van der Waals surface area contributed by atoms with Crippen molar-refractivity contribution in [1.29, 1.82) is 0 Å². The lowest BCUT2D eigenvalue weighted by atomic mass is 9.81. The molecule has 0 fully saturated rings. The molecule has 0 saturated carbocycles. The van der Waals surface area contributed by atoms with E-state index in [1.807, 2.05) is 24.3 Å². The molecule has 0 amide bonds. The van der Waals surface area contributed by atoms with Crippen LogP contribution in [0.15, 0.2) is 48.6 Å². The molecular weight excluding hydrogens is 322 g/mol. The molecule has 0 radical (unpaired) electrons. The predicted molar refractivity (Wildman–Crippen MR) is 108 cm³/mol. The molecule has 2 aliphatic heterocycles. The number of methoxy groups -OCH3 is 1. The van der Waals surface area contributed by atoms with Gasteiger partial charge in [-0.2, -0.15) is 0 Å². The Kier molecular flexibility index (Phi) is 3.83. The van der Waals surface area contributed by atoms with E-state index in [4.69, 9.17) is 9.47 Å². The third kappa shape index (κ3) is 2.42. The number of rotatable bonds is 3. The van der Waals surface area contributed by atoms with E-state index in [0.717, 1.165) is 29.2 Å². The van der Waals surface area contributed by atoms with Crippen molar-refractivity contribution in [2.75, 3.05) is 12.4 Å². The summed E-state index contributed by atoms with van der Waals surface area (Å²) in [7, 11) is 1.71. The minimum absolute atomic E-state index is 0.0517. The van der Waals surface area contributed by atoms with E-state index in [1.165, 1.54) is 22.3 Å². The van der Waals surface area contributed by atoms with Gasteiger partial charge < -0.3 is 14.8 Å². The molecule has 2 aromatic rings. The van der Waals surface area contributed by atoms with Crippen LogP contribution < -0.4 is 14.8 Å². The van der Waals surface area contributed by atoms with E-state index in [9.17, 15) is 0 Å². The van der Waals surface area contributed by atoms with Crippen molar-refractivity contribution in [3.63, 3.8) is 0 Å². The summed E-state index contributed by atoms with van der Waals surface area (Å²) in [4.78, 5) is 0. The molecule has 2 aliphatic rings. The van der Waals surface area contributed by atoms with Gasteiger partial charge in [0.2, 0.25) is 0 Å². The molecule has 0 aliphatic carbocycles. The van der Waals surface area contributed by atoms with E-state index < -0.39 is 0 Å². The fourth-order valence-electron chi connectivity index (χ4n) is 3.87. The zero-order valence-corrected chi connectivity index (χ0v) is 15.8. The lowest BCUT2D eigenvalue weighted by molar-refractivity contribution is 0.204. The van der Waals surface area contributed by atoms with Crippen molar-refractivity contribution < 1.29 is 9.47 Å². The minimum atomic E-state index is -0.0553. The first-order chi connectivity index (χ1) is 12.5. The molecule has 3 heteroatoms. The van der Waals surface area contributed by atoms with E-state index >= 15 is 0 Å². The van der Waals surface area contributed by atoms with Crippen LogP contribution in [0.25, 0.3) is 17.2 Å². The number of hydrogen-bond acceptors (Lipinski definition) is 3. The van der Waals surface area contributed by atoms with Crippen molar-refractivity contribution in [3.8, 4) is 22.6 Å². The lowest BCUT2D eigenvalue weighted by Crippen LogP contribution is -2.35. The first kappa shape index (κ1) is 16.8. The van der Waals surface area contributed by atoms with Gasteiger partial charge in [-0.1, -0.05) is 24.3 Å². The van der Waals surface area contributed by atoms with Gasteiger partial charge in [0, 0.05) is 23.2 Å². The zero-order chi connectivity index (χ0) is 18.5. The SMILES string of the molecule is C=CCC1Oc2cccc(OC)c2-c2ccc3c(c21)C=C(C)C(C)(C)N3. The minimum Gasteiger partial charge on any atom is -0.496 e. The maximum atomic E-state index is 6.39. The summed E-state index contributed by atoms with van der Waals surface area (Å²) < 4.78 is 12.0. The summed E-state index contributed by atoms with van der Waals surface area (Å²) >= 11 is 0. The van der Waals surface area contributed by atoms with Gasteiger partial charge in [0.25, 0.3) is 0 Å². The van der Waals surface area contributed by atoms with Crippen molar-refractivity contribution in [3.05, 3.63) is 59.7 Å². The van der Waals surface area contributed by atoms with Crippen LogP contribution in [0.3, 0.4) is 0 Å². The Labute approximate surface area is 155 Å². The Hall–Kier alpha value is -2.68. The number of benzene rings is 2. The molecule has 0 bridgehead atoms. The number of fused-ring (bicyclic) bond motifs is 5. The Morgan fingerprint density at radius 3 is 2.81 bits per heavy atom. The molecule has 0 saturated heterocycles. The van der Waals surface area contributed by atoms with Crippen LogP contribution in [-0.4, -0.2) is 12.6 Å². The molecule has 0 aromatic heterocycles. The maximum absolute atomic E-state index is 6.39. The standard InChI is InChI=1S/C23H25NO2/c1-6-8-19-21-15(22-18(25-5)9-7-10-20(22)26-19)11-12-17-16(21)13-14(2)23(3,4)24-17/h6-7,9-13,19,24H,1,8H2,2-5H3. The molecule has 1 atom stereocenters. The molecule has 1 unspecified atom stereocenters. The second kappa shape index (κ2) is 5.94. The molecule has 134 valence electrons. The normalized spacial score (nSPS) is 19.1. The van der Waals surface area contributed by atoms with Crippen LogP contribution >= 0.6 is 0 Å². The molecule has 2 heterocycles. The molecule has 4 rings (SSSR count). The Morgan fingerprint density at radius 1 is 1.27 bits per heavy atom. The van der Waals surface area contributed by atoms with Gasteiger partial charge in [-0.3, -0.25) is 0 Å². The van der Waals surface area contributed by atoms with Crippen LogP contribution in [0, 0.1) is 0 Å². The van der Waals surface area contributed by atoms with Crippen LogP contribution in [0.2, 0.25) is 0 Å². The van der Waals surface area contributed by atoms with Gasteiger partial charge in [0.05, 0.1) is 18.2 Å². The highest BCUT2D eigenvalue weighted by Crippen LogP contribution is 2.51. The maximum Gasteiger partial charge on any atom is 0.131 e. The van der Waals surface area contributed by atoms with Crippen molar-refractivity contribution in [1.82, 2.24) is 0 Å². The third-order valence-corrected chi connectivity index (χ3v) is 5.53. The monoisotopic (exact) mass is 347 g/mol. The first-order valence-electron chi connectivity index (χ1n) is 9.05. The van der Waals surface area contributed by atoms with Crippen molar-refractivity contribution in [2.24, 2.45) is 0 Å². The van der Waals surface area contributed by atoms with Crippen molar-refractivity contribution in [2.45, 2.75) is 38.8 Å². The van der Waals surface area contributed by atoms with Crippen LogP contribution in [0.4, 0.5) is 5.69 Å². The Balaban J connectivity index is 2.01. The average molecular weight is 347 g/mol. The third-order valence-electron chi connectivity index (χ3n) is 5.53. The van der Waals surface area contributed by atoms with Gasteiger partial charge in [0.1, 0.15) is 17.6 Å². The van der Waals surface area contributed by atoms with E-state index in [1.54, 1.807) is 7.11 Å². The van der Waals surface area contributed by atoms with Gasteiger partial charge in [-0.05, 0) is 50.1 Å². The fraction of sp³-hybridized carbons (Fsp3) is 0.304. The van der Waals surface area contributed by atoms with E-state index in [0.29, 0.717) is 0 Å². The summed E-state index contributed by atoms with van der Waals surface area (Å²) in [5.41, 5.74) is 7.03. The number of ether oxygens (including phenoxy) is 2. The number of nitrogens with one attached hydrogen (secondary N) is 1. The number of anilines is 1. The summed E-state index contributed by atoms with van der Waals surface area (Å²) in [6.45, 7) is 10.5. The zero-order valence-electron chi connectivity index (χ0n) is 15.8. The highest BCUT2D eigenvalue weighted by Gasteiger charge is 2.34. The van der Waals surface area contributed by atoms with E-state index in [2.05, 4.69) is 50.9 Å². The lowest BCUT2D eigenvalue weighted by Gasteiger charge is -2.37. The summed E-state index contributed by atoms with van der Waals surface area (Å²) in [6, 6.07) is 10.3. The quantitative estimate of drug-likeness (QED) is 0.693. The molecule has 1 N–H and O–H groups in total. The van der Waals surface area contributed by atoms with E-state index in [-0.39, 0.29) is 11.6 Å². The highest BCUT2D eigenvalue weighted by atomic mass is 16.5. The summed E-state index contributed by atoms with van der Waals surface area (Å²) in [5.74, 6) is 1.71. The van der Waals surface area contributed by atoms with Gasteiger partial charge in [0.15, 0.2) is 0 Å². The van der Waals surface area contributed by atoms with Crippen LogP contribution in [0.1, 0.15) is 44.4 Å². The average Bonchev–Trinajstić information content (AvgIpc) is 2.61. The topological polar surface area (TPSA) is 30.5 Å². The largest absolute Gasteiger partial charge is 0.496 e.